The van der Waals surface area contributed by atoms with Crippen LogP contribution < -0.4 is 4.74 Å². The zero-order valence-corrected chi connectivity index (χ0v) is 15.3. The average Bonchev–Trinajstić information content (AvgIpc) is 3.05. The molecule has 0 N–H and O–H groups in total. The Morgan fingerprint density at radius 2 is 2.00 bits per heavy atom. The highest BCUT2D eigenvalue weighted by Gasteiger charge is 2.38. The molecule has 0 spiro atoms. The fraction of sp³-hybridized carbons (Fsp3) is 0.611. The van der Waals surface area contributed by atoms with Crippen molar-refractivity contribution in [2.24, 2.45) is 14.1 Å². The van der Waals surface area contributed by atoms with E-state index in [0.717, 1.165) is 60.6 Å². The molecule has 2 fully saturated rings. The van der Waals surface area contributed by atoms with Crippen molar-refractivity contribution in [1.29, 1.82) is 0 Å². The molecular weight excluding hydrogens is 318 g/mol. The van der Waals surface area contributed by atoms with E-state index in [1.54, 1.807) is 18.0 Å². The van der Waals surface area contributed by atoms with Crippen LogP contribution in [0.1, 0.15) is 65.0 Å². The van der Waals surface area contributed by atoms with E-state index in [1.165, 1.54) is 0 Å². The van der Waals surface area contributed by atoms with E-state index in [2.05, 4.69) is 10.2 Å². The largest absolute Gasteiger partial charge is 0.481 e. The lowest BCUT2D eigenvalue weighted by atomic mass is 10.0. The number of nitrogens with zero attached hydrogens (tertiary/aromatic N) is 5. The fourth-order valence-corrected chi connectivity index (χ4v) is 4.20. The van der Waals surface area contributed by atoms with Gasteiger partial charge in [-0.25, -0.2) is 4.68 Å². The molecule has 134 valence electrons. The maximum atomic E-state index is 13.3. The number of amides is 1. The molecule has 25 heavy (non-hydrogen) atoms. The second-order valence-corrected chi connectivity index (χ2v) is 7.13. The molecule has 1 aliphatic heterocycles. The van der Waals surface area contributed by atoms with Crippen LogP contribution in [0.2, 0.25) is 0 Å². The van der Waals surface area contributed by atoms with Crippen LogP contribution in [-0.4, -0.2) is 44.0 Å². The lowest BCUT2D eigenvalue weighted by molar-refractivity contribution is 0.0732. The summed E-state index contributed by atoms with van der Waals surface area (Å²) in [5.74, 6) is 1.32. The fourth-order valence-electron chi connectivity index (χ4n) is 4.20. The summed E-state index contributed by atoms with van der Waals surface area (Å²) in [6.07, 6.45) is 5.97. The number of aromatic nitrogens is 4. The van der Waals surface area contributed by atoms with Crippen molar-refractivity contribution in [3.05, 3.63) is 28.7 Å². The van der Waals surface area contributed by atoms with Crippen molar-refractivity contribution >= 4 is 5.91 Å². The van der Waals surface area contributed by atoms with Crippen LogP contribution in [0.4, 0.5) is 0 Å². The standard InChI is InChI=1S/C18H25N5O2/c1-11-15(18(25-4)22(3)20-11)14-6-5-9-23(14)17(24)13-10-19-21(2)16(13)12-7-8-12/h10,12,14H,5-9H2,1-4H3/t14-/m0/s1. The molecule has 0 bridgehead atoms. The zero-order valence-electron chi connectivity index (χ0n) is 15.3. The van der Waals surface area contributed by atoms with Gasteiger partial charge < -0.3 is 9.64 Å². The van der Waals surface area contributed by atoms with Crippen LogP contribution >= 0.6 is 0 Å². The molecule has 2 aromatic rings. The van der Waals surface area contributed by atoms with Gasteiger partial charge in [0, 0.05) is 26.6 Å². The van der Waals surface area contributed by atoms with Crippen LogP contribution in [0.3, 0.4) is 0 Å². The van der Waals surface area contributed by atoms with Crippen molar-refractivity contribution in [2.75, 3.05) is 13.7 Å². The number of ether oxygens (including phenoxy) is 1. The van der Waals surface area contributed by atoms with Crippen molar-refractivity contribution < 1.29 is 9.53 Å². The summed E-state index contributed by atoms with van der Waals surface area (Å²) in [7, 11) is 5.47. The monoisotopic (exact) mass is 343 g/mol. The molecule has 7 nitrogen and oxygen atoms in total. The summed E-state index contributed by atoms with van der Waals surface area (Å²) in [5.41, 5.74) is 3.81. The summed E-state index contributed by atoms with van der Waals surface area (Å²) >= 11 is 0. The Morgan fingerprint density at radius 1 is 1.24 bits per heavy atom. The highest BCUT2D eigenvalue weighted by Crippen LogP contribution is 2.43. The van der Waals surface area contributed by atoms with Crippen molar-refractivity contribution in [2.45, 2.75) is 44.6 Å². The Kier molecular flexibility index (Phi) is 3.81. The minimum atomic E-state index is 0.0170. The first kappa shape index (κ1) is 16.2. The van der Waals surface area contributed by atoms with E-state index in [1.807, 2.05) is 30.6 Å². The molecule has 0 aromatic carbocycles. The predicted octanol–water partition coefficient (Wildman–Crippen LogP) is 2.33. The minimum absolute atomic E-state index is 0.0170. The first-order chi connectivity index (χ1) is 12.0. The molecule has 1 amide bonds. The Morgan fingerprint density at radius 3 is 2.68 bits per heavy atom. The van der Waals surface area contributed by atoms with Gasteiger partial charge in [-0.15, -0.1) is 0 Å². The predicted molar refractivity (Wildman–Crippen MR) is 92.7 cm³/mol. The third-order valence-electron chi connectivity index (χ3n) is 5.43. The van der Waals surface area contributed by atoms with E-state index < -0.39 is 0 Å². The molecule has 2 aromatic heterocycles. The van der Waals surface area contributed by atoms with Gasteiger partial charge in [0.25, 0.3) is 5.91 Å². The van der Waals surface area contributed by atoms with Crippen LogP contribution in [0.5, 0.6) is 5.88 Å². The van der Waals surface area contributed by atoms with E-state index in [9.17, 15) is 4.79 Å². The van der Waals surface area contributed by atoms with E-state index in [4.69, 9.17) is 4.74 Å². The first-order valence-corrected chi connectivity index (χ1v) is 8.93. The smallest absolute Gasteiger partial charge is 0.257 e. The molecule has 7 heteroatoms. The van der Waals surface area contributed by atoms with Crippen LogP contribution in [0.25, 0.3) is 0 Å². The average molecular weight is 343 g/mol. The Balaban J connectivity index is 1.70. The summed E-state index contributed by atoms with van der Waals surface area (Å²) in [5, 5.41) is 8.84. The number of aryl methyl sites for hydroxylation is 3. The molecule has 3 heterocycles. The third-order valence-corrected chi connectivity index (χ3v) is 5.43. The van der Waals surface area contributed by atoms with Crippen molar-refractivity contribution in [3.63, 3.8) is 0 Å². The van der Waals surface area contributed by atoms with Crippen LogP contribution in [-0.2, 0) is 14.1 Å². The maximum absolute atomic E-state index is 13.3. The Bertz CT molecular complexity index is 818. The molecule has 4 rings (SSSR count). The third kappa shape index (κ3) is 2.53. The second-order valence-electron chi connectivity index (χ2n) is 7.13. The van der Waals surface area contributed by atoms with Gasteiger partial charge in [-0.1, -0.05) is 0 Å². The summed E-state index contributed by atoms with van der Waals surface area (Å²) < 4.78 is 9.19. The van der Waals surface area contributed by atoms with Gasteiger partial charge in [0.05, 0.1) is 41.9 Å². The maximum Gasteiger partial charge on any atom is 0.257 e. The van der Waals surface area contributed by atoms with Gasteiger partial charge in [-0.2, -0.15) is 10.2 Å². The number of rotatable bonds is 4. The molecule has 2 aliphatic rings. The first-order valence-electron chi connectivity index (χ1n) is 8.93. The lowest BCUT2D eigenvalue weighted by Crippen LogP contribution is -2.31. The summed E-state index contributed by atoms with van der Waals surface area (Å²) in [6.45, 7) is 2.75. The molecule has 0 unspecified atom stereocenters. The minimum Gasteiger partial charge on any atom is -0.481 e. The molecular formula is C18H25N5O2. The SMILES string of the molecule is COc1c([C@@H]2CCCN2C(=O)c2cnn(C)c2C2CC2)c(C)nn1C. The van der Waals surface area contributed by atoms with Gasteiger partial charge in [-0.3, -0.25) is 9.48 Å². The van der Waals surface area contributed by atoms with Crippen LogP contribution in [0, 0.1) is 6.92 Å². The number of hydrogen-bond donors (Lipinski definition) is 0. The highest BCUT2D eigenvalue weighted by atomic mass is 16.5. The van der Waals surface area contributed by atoms with E-state index >= 15 is 0 Å². The van der Waals surface area contributed by atoms with Gasteiger partial charge in [-0.05, 0) is 32.6 Å². The Hall–Kier alpha value is -2.31. The second kappa shape index (κ2) is 5.89. The topological polar surface area (TPSA) is 65.2 Å². The van der Waals surface area contributed by atoms with Gasteiger partial charge in [0.15, 0.2) is 0 Å². The number of carbonyl (C=O) groups excluding carboxylic acids is 1. The highest BCUT2D eigenvalue weighted by molar-refractivity contribution is 5.96. The number of carbonyl (C=O) groups is 1. The van der Waals surface area contributed by atoms with Gasteiger partial charge >= 0.3 is 0 Å². The normalized spacial score (nSPS) is 20.3. The quantitative estimate of drug-likeness (QED) is 0.855. The molecule has 1 atom stereocenters. The van der Waals surface area contributed by atoms with Crippen LogP contribution in [0.15, 0.2) is 6.20 Å². The van der Waals surface area contributed by atoms with E-state index in [-0.39, 0.29) is 11.9 Å². The number of methoxy groups -OCH3 is 1. The van der Waals surface area contributed by atoms with Gasteiger partial charge in [0.1, 0.15) is 0 Å². The van der Waals surface area contributed by atoms with Crippen molar-refractivity contribution in [1.82, 2.24) is 24.5 Å². The summed E-state index contributed by atoms with van der Waals surface area (Å²) in [4.78, 5) is 15.3. The van der Waals surface area contributed by atoms with E-state index in [0.29, 0.717) is 5.92 Å². The zero-order chi connectivity index (χ0) is 17.7. The lowest BCUT2D eigenvalue weighted by Gasteiger charge is -2.25. The molecule has 1 saturated heterocycles. The summed E-state index contributed by atoms with van der Waals surface area (Å²) in [6, 6.07) is 0.0170. The molecule has 0 radical (unpaired) electrons. The molecule has 1 saturated carbocycles. The van der Waals surface area contributed by atoms with Gasteiger partial charge in [0.2, 0.25) is 5.88 Å². The Labute approximate surface area is 147 Å². The number of likely N-dealkylation sites (tertiary alicyclic amines) is 1. The van der Waals surface area contributed by atoms with Crippen molar-refractivity contribution in [3.8, 4) is 5.88 Å². The molecule has 1 aliphatic carbocycles. The number of hydrogen-bond acceptors (Lipinski definition) is 4.